The number of halogens is 3. The Morgan fingerprint density at radius 2 is 1.60 bits per heavy atom. The number of anilines is 1. The third-order valence-electron chi connectivity index (χ3n) is 2.53. The van der Waals surface area contributed by atoms with Gasteiger partial charge in [-0.3, -0.25) is 4.79 Å². The van der Waals surface area contributed by atoms with Gasteiger partial charge in [0, 0.05) is 27.9 Å². The minimum absolute atomic E-state index is 0.126. The number of nitrogens with one attached hydrogen (secondary N) is 1. The molecule has 0 spiro atoms. The van der Waals surface area contributed by atoms with Gasteiger partial charge in [-0.15, -0.1) is 0 Å². The molecule has 0 aromatic heterocycles. The molecule has 0 aliphatic rings. The smallest absolute Gasteiger partial charge is 0.187 e. The molecule has 0 fully saturated rings. The second-order valence-corrected chi connectivity index (χ2v) is 5.25. The quantitative estimate of drug-likeness (QED) is 0.597. The highest BCUT2D eigenvalue weighted by Crippen LogP contribution is 2.25. The van der Waals surface area contributed by atoms with Crippen molar-refractivity contribution in [1.29, 1.82) is 0 Å². The van der Waals surface area contributed by atoms with E-state index in [1.807, 2.05) is 0 Å². The SMILES string of the molecule is O=C(/C=C\Nc1ccc(Cl)cc1Cl)c1ccc(Cl)cc1. The standard InChI is InChI=1S/C15H10Cl3NO/c16-11-3-1-10(2-4-11)15(20)7-8-19-14-6-5-12(17)9-13(14)18/h1-9,19H/b8-7-. The van der Waals surface area contributed by atoms with Crippen LogP contribution in [0.15, 0.2) is 54.7 Å². The second kappa shape index (κ2) is 6.80. The summed E-state index contributed by atoms with van der Waals surface area (Å²) in [7, 11) is 0. The van der Waals surface area contributed by atoms with Crippen LogP contribution in [0, 0.1) is 0 Å². The molecular weight excluding hydrogens is 317 g/mol. The van der Waals surface area contributed by atoms with E-state index in [1.165, 1.54) is 12.3 Å². The number of hydrogen-bond acceptors (Lipinski definition) is 2. The second-order valence-electron chi connectivity index (χ2n) is 3.97. The monoisotopic (exact) mass is 325 g/mol. The first-order chi connectivity index (χ1) is 9.56. The van der Waals surface area contributed by atoms with Crippen LogP contribution < -0.4 is 5.32 Å². The van der Waals surface area contributed by atoms with E-state index in [1.54, 1.807) is 42.5 Å². The molecule has 2 aromatic carbocycles. The summed E-state index contributed by atoms with van der Waals surface area (Å²) in [4.78, 5) is 11.9. The van der Waals surface area contributed by atoms with Crippen molar-refractivity contribution in [3.63, 3.8) is 0 Å². The molecule has 0 saturated heterocycles. The molecule has 5 heteroatoms. The highest BCUT2D eigenvalue weighted by molar-refractivity contribution is 6.36. The van der Waals surface area contributed by atoms with Crippen LogP contribution in [0.2, 0.25) is 15.1 Å². The van der Waals surface area contributed by atoms with Crippen molar-refractivity contribution in [2.45, 2.75) is 0 Å². The molecule has 2 aromatic rings. The van der Waals surface area contributed by atoms with Crippen molar-refractivity contribution in [2.75, 3.05) is 5.32 Å². The topological polar surface area (TPSA) is 29.1 Å². The molecule has 20 heavy (non-hydrogen) atoms. The molecule has 0 unspecified atom stereocenters. The number of carbonyl (C=O) groups is 1. The van der Waals surface area contributed by atoms with E-state index >= 15 is 0 Å². The van der Waals surface area contributed by atoms with Gasteiger partial charge >= 0.3 is 0 Å². The van der Waals surface area contributed by atoms with Gasteiger partial charge in [0.1, 0.15) is 0 Å². The fourth-order valence-electron chi connectivity index (χ4n) is 1.52. The highest BCUT2D eigenvalue weighted by atomic mass is 35.5. The zero-order valence-electron chi connectivity index (χ0n) is 10.2. The van der Waals surface area contributed by atoms with Crippen LogP contribution >= 0.6 is 34.8 Å². The Morgan fingerprint density at radius 3 is 2.25 bits per heavy atom. The maximum absolute atomic E-state index is 11.9. The summed E-state index contributed by atoms with van der Waals surface area (Å²) in [6.07, 6.45) is 2.96. The lowest BCUT2D eigenvalue weighted by Crippen LogP contribution is -1.96. The zero-order chi connectivity index (χ0) is 14.5. The lowest BCUT2D eigenvalue weighted by Gasteiger charge is -2.03. The van der Waals surface area contributed by atoms with Gasteiger partial charge in [0.25, 0.3) is 0 Å². The van der Waals surface area contributed by atoms with Crippen molar-refractivity contribution >= 4 is 46.3 Å². The van der Waals surface area contributed by atoms with Crippen LogP contribution in [0.1, 0.15) is 10.4 Å². The average Bonchev–Trinajstić information content (AvgIpc) is 2.42. The molecule has 0 heterocycles. The summed E-state index contributed by atoms with van der Waals surface area (Å²) in [6, 6.07) is 11.8. The van der Waals surface area contributed by atoms with Crippen molar-refractivity contribution < 1.29 is 4.79 Å². The molecule has 0 saturated carbocycles. The van der Waals surface area contributed by atoms with Crippen LogP contribution in [0.4, 0.5) is 5.69 Å². The molecular formula is C15H10Cl3NO. The normalized spacial score (nSPS) is 10.8. The molecule has 2 nitrogen and oxygen atoms in total. The highest BCUT2D eigenvalue weighted by Gasteiger charge is 2.02. The zero-order valence-corrected chi connectivity index (χ0v) is 12.5. The summed E-state index contributed by atoms with van der Waals surface area (Å²) in [5, 5.41) is 4.57. The van der Waals surface area contributed by atoms with Crippen molar-refractivity contribution in [3.8, 4) is 0 Å². The molecule has 2 rings (SSSR count). The fourth-order valence-corrected chi connectivity index (χ4v) is 2.11. The molecule has 0 bridgehead atoms. The van der Waals surface area contributed by atoms with E-state index in [9.17, 15) is 4.79 Å². The Hall–Kier alpha value is -1.48. The summed E-state index contributed by atoms with van der Waals surface area (Å²) in [5.74, 6) is -0.126. The van der Waals surface area contributed by atoms with Crippen LogP contribution in [-0.4, -0.2) is 5.78 Å². The van der Waals surface area contributed by atoms with Gasteiger partial charge in [0.2, 0.25) is 0 Å². The maximum atomic E-state index is 11.9. The maximum Gasteiger partial charge on any atom is 0.187 e. The molecule has 0 atom stereocenters. The molecule has 0 aliphatic heterocycles. The van der Waals surface area contributed by atoms with Crippen LogP contribution in [0.5, 0.6) is 0 Å². The Kier molecular flexibility index (Phi) is 5.07. The van der Waals surface area contributed by atoms with Crippen molar-refractivity contribution in [1.82, 2.24) is 0 Å². The van der Waals surface area contributed by atoms with Gasteiger partial charge in [-0.1, -0.05) is 34.8 Å². The van der Waals surface area contributed by atoms with E-state index in [2.05, 4.69) is 5.32 Å². The number of allylic oxidation sites excluding steroid dienone is 1. The number of benzene rings is 2. The Bertz CT molecular complexity index is 651. The van der Waals surface area contributed by atoms with Crippen LogP contribution in [0.3, 0.4) is 0 Å². The molecule has 0 radical (unpaired) electrons. The number of carbonyl (C=O) groups excluding carboxylic acids is 1. The molecule has 0 amide bonds. The summed E-state index contributed by atoms with van der Waals surface area (Å²) < 4.78 is 0. The minimum Gasteiger partial charge on any atom is -0.360 e. The van der Waals surface area contributed by atoms with Gasteiger partial charge in [0.15, 0.2) is 5.78 Å². The van der Waals surface area contributed by atoms with E-state index < -0.39 is 0 Å². The summed E-state index contributed by atoms with van der Waals surface area (Å²) in [5.41, 5.74) is 1.24. The van der Waals surface area contributed by atoms with E-state index in [0.717, 1.165) is 0 Å². The molecule has 1 N–H and O–H groups in total. The van der Waals surface area contributed by atoms with Gasteiger partial charge in [-0.05, 0) is 42.5 Å². The lowest BCUT2D eigenvalue weighted by molar-refractivity contribution is 0.104. The Labute approximate surface area is 132 Å². The molecule has 102 valence electrons. The van der Waals surface area contributed by atoms with E-state index in [-0.39, 0.29) is 5.78 Å². The first kappa shape index (κ1) is 14.9. The lowest BCUT2D eigenvalue weighted by atomic mass is 10.1. The first-order valence-corrected chi connectivity index (χ1v) is 6.88. The Balaban J connectivity index is 2.02. The average molecular weight is 327 g/mol. The fraction of sp³-hybridized carbons (Fsp3) is 0. The minimum atomic E-state index is -0.126. The predicted octanol–water partition coefficient (Wildman–Crippen LogP) is 5.46. The van der Waals surface area contributed by atoms with Gasteiger partial charge < -0.3 is 5.32 Å². The third-order valence-corrected chi connectivity index (χ3v) is 3.33. The number of ketones is 1. The Morgan fingerprint density at radius 1 is 0.950 bits per heavy atom. The van der Waals surface area contributed by atoms with Crippen LogP contribution in [0.25, 0.3) is 0 Å². The van der Waals surface area contributed by atoms with Crippen molar-refractivity contribution in [3.05, 3.63) is 75.4 Å². The first-order valence-electron chi connectivity index (χ1n) is 5.74. The summed E-state index contributed by atoms with van der Waals surface area (Å²) in [6.45, 7) is 0. The van der Waals surface area contributed by atoms with Crippen LogP contribution in [-0.2, 0) is 0 Å². The summed E-state index contributed by atoms with van der Waals surface area (Å²) >= 11 is 17.6. The third kappa shape index (κ3) is 4.01. The number of hydrogen-bond donors (Lipinski definition) is 1. The van der Waals surface area contributed by atoms with Gasteiger partial charge in [0.05, 0.1) is 10.7 Å². The van der Waals surface area contributed by atoms with Crippen molar-refractivity contribution in [2.24, 2.45) is 0 Å². The number of rotatable bonds is 4. The predicted molar refractivity (Wildman–Crippen MR) is 85.0 cm³/mol. The largest absolute Gasteiger partial charge is 0.360 e. The van der Waals surface area contributed by atoms with Gasteiger partial charge in [-0.25, -0.2) is 0 Å². The van der Waals surface area contributed by atoms with Gasteiger partial charge in [-0.2, -0.15) is 0 Å². The molecule has 0 aliphatic carbocycles. The van der Waals surface area contributed by atoms with E-state index in [4.69, 9.17) is 34.8 Å². The van der Waals surface area contributed by atoms with E-state index in [0.29, 0.717) is 26.3 Å².